The molecule has 1 aromatic heterocycles. The van der Waals surface area contributed by atoms with Crippen molar-refractivity contribution >= 4 is 34.3 Å². The molecule has 2 amide bonds. The van der Waals surface area contributed by atoms with Crippen LogP contribution in [0.2, 0.25) is 5.02 Å². The highest BCUT2D eigenvalue weighted by molar-refractivity contribution is 6.33. The van der Waals surface area contributed by atoms with E-state index in [0.717, 1.165) is 10.9 Å². The molecule has 0 atom stereocenters. The van der Waals surface area contributed by atoms with E-state index in [0.29, 0.717) is 17.1 Å². The lowest BCUT2D eigenvalue weighted by atomic mass is 10.2. The summed E-state index contributed by atoms with van der Waals surface area (Å²) in [7, 11) is 0. The van der Waals surface area contributed by atoms with Crippen LogP contribution < -0.4 is 10.9 Å². The average molecular weight is 342 g/mol. The van der Waals surface area contributed by atoms with Gasteiger partial charge in [-0.15, -0.1) is 0 Å². The summed E-state index contributed by atoms with van der Waals surface area (Å²) in [6.07, 6.45) is 2.20. The van der Waals surface area contributed by atoms with Gasteiger partial charge in [0, 0.05) is 24.7 Å². The largest absolute Gasteiger partial charge is 0.347 e. The molecule has 24 heavy (non-hydrogen) atoms. The molecule has 0 radical (unpaired) electrons. The Balaban J connectivity index is 1.53. The first kappa shape index (κ1) is 16.1. The third kappa shape index (κ3) is 3.58. The normalized spacial score (nSPS) is 10.5. The maximum absolute atomic E-state index is 12.0. The molecule has 5 nitrogen and oxygen atoms in total. The highest BCUT2D eigenvalue weighted by Crippen LogP contribution is 2.15. The molecule has 6 heteroatoms. The maximum atomic E-state index is 12.0. The molecular formula is C18H16ClN3O2. The number of fused-ring (bicyclic) bond motifs is 1. The van der Waals surface area contributed by atoms with E-state index >= 15 is 0 Å². The van der Waals surface area contributed by atoms with Crippen LogP contribution in [-0.2, 0) is 11.3 Å². The lowest BCUT2D eigenvalue weighted by Crippen LogP contribution is -2.42. The molecule has 3 aromatic rings. The number of halogens is 1. The second-order valence-electron chi connectivity index (χ2n) is 5.30. The summed E-state index contributed by atoms with van der Waals surface area (Å²) >= 11 is 5.94. The van der Waals surface area contributed by atoms with Crippen molar-refractivity contribution in [3.05, 3.63) is 71.4 Å². The van der Waals surface area contributed by atoms with Crippen molar-refractivity contribution < 1.29 is 9.59 Å². The van der Waals surface area contributed by atoms with E-state index < -0.39 is 5.91 Å². The predicted octanol–water partition coefficient (Wildman–Crippen LogP) is 3.15. The molecule has 0 bridgehead atoms. The number of hydrogen-bond donors (Lipinski definition) is 2. The summed E-state index contributed by atoms with van der Waals surface area (Å²) in [5.74, 6) is -0.714. The number of carbonyl (C=O) groups excluding carboxylic acids is 2. The van der Waals surface area contributed by atoms with Crippen LogP contribution in [0.25, 0.3) is 10.9 Å². The number of para-hydroxylation sites is 1. The van der Waals surface area contributed by atoms with E-state index in [1.165, 1.54) is 0 Å². The van der Waals surface area contributed by atoms with E-state index in [2.05, 4.69) is 10.9 Å². The van der Waals surface area contributed by atoms with Crippen LogP contribution in [-0.4, -0.2) is 16.4 Å². The van der Waals surface area contributed by atoms with E-state index in [4.69, 9.17) is 11.6 Å². The summed E-state index contributed by atoms with van der Waals surface area (Å²) in [6.45, 7) is 0.529. The molecule has 0 fully saturated rings. The summed E-state index contributed by atoms with van der Waals surface area (Å²) in [4.78, 5) is 23.9. The minimum Gasteiger partial charge on any atom is -0.347 e. The van der Waals surface area contributed by atoms with Gasteiger partial charge in [-0.1, -0.05) is 41.9 Å². The van der Waals surface area contributed by atoms with Gasteiger partial charge in [0.25, 0.3) is 5.91 Å². The molecule has 0 aliphatic heterocycles. The Morgan fingerprint density at radius 2 is 1.71 bits per heavy atom. The van der Waals surface area contributed by atoms with Gasteiger partial charge in [0.15, 0.2) is 0 Å². The number of benzene rings is 2. The minimum absolute atomic E-state index is 0.251. The molecule has 3 rings (SSSR count). The third-order valence-corrected chi connectivity index (χ3v) is 4.02. The smallest absolute Gasteiger partial charge is 0.271 e. The number of nitrogens with one attached hydrogen (secondary N) is 2. The Labute approximate surface area is 144 Å². The van der Waals surface area contributed by atoms with Crippen LogP contribution in [0.3, 0.4) is 0 Å². The second-order valence-corrected chi connectivity index (χ2v) is 5.71. The number of amides is 2. The van der Waals surface area contributed by atoms with Crippen molar-refractivity contribution in [1.82, 2.24) is 15.4 Å². The fourth-order valence-electron chi connectivity index (χ4n) is 2.46. The molecule has 0 aliphatic carbocycles. The number of rotatable bonds is 4. The van der Waals surface area contributed by atoms with Crippen LogP contribution in [0, 0.1) is 0 Å². The standard InChI is InChI=1S/C18H16ClN3O2/c19-15-7-3-2-6-14(15)18(24)21-20-17(23)10-12-22-11-9-13-5-1-4-8-16(13)22/h1-9,11H,10,12H2,(H,20,23)(H,21,24). The maximum Gasteiger partial charge on any atom is 0.271 e. The summed E-state index contributed by atoms with van der Waals surface area (Å²) < 4.78 is 2.00. The molecule has 2 aromatic carbocycles. The van der Waals surface area contributed by atoms with Crippen molar-refractivity contribution in [3.8, 4) is 0 Å². The van der Waals surface area contributed by atoms with Crippen molar-refractivity contribution in [2.45, 2.75) is 13.0 Å². The van der Waals surface area contributed by atoms with Crippen molar-refractivity contribution in [3.63, 3.8) is 0 Å². The average Bonchev–Trinajstić information content (AvgIpc) is 3.01. The highest BCUT2D eigenvalue weighted by Gasteiger charge is 2.10. The summed E-state index contributed by atoms with van der Waals surface area (Å²) in [5.41, 5.74) is 6.17. The summed E-state index contributed by atoms with van der Waals surface area (Å²) in [5, 5.41) is 1.47. The number of nitrogens with zero attached hydrogens (tertiary/aromatic N) is 1. The molecule has 0 saturated carbocycles. The van der Waals surface area contributed by atoms with Crippen molar-refractivity contribution in [2.24, 2.45) is 0 Å². The van der Waals surface area contributed by atoms with Crippen molar-refractivity contribution in [2.75, 3.05) is 0 Å². The Kier molecular flexibility index (Phi) is 4.82. The Hall–Kier alpha value is -2.79. The molecule has 0 unspecified atom stereocenters. The van der Waals surface area contributed by atoms with Gasteiger partial charge < -0.3 is 4.57 Å². The lowest BCUT2D eigenvalue weighted by Gasteiger charge is -2.09. The fourth-order valence-corrected chi connectivity index (χ4v) is 2.68. The van der Waals surface area contributed by atoms with Gasteiger partial charge in [0.05, 0.1) is 10.6 Å². The summed E-state index contributed by atoms with van der Waals surface area (Å²) in [6, 6.07) is 16.6. The predicted molar refractivity (Wildman–Crippen MR) is 93.6 cm³/mol. The Morgan fingerprint density at radius 3 is 2.54 bits per heavy atom. The minimum atomic E-state index is -0.444. The van der Waals surface area contributed by atoms with Gasteiger partial charge in [-0.05, 0) is 29.7 Å². The number of aryl methyl sites for hydroxylation is 1. The number of hydrogen-bond acceptors (Lipinski definition) is 2. The lowest BCUT2D eigenvalue weighted by molar-refractivity contribution is -0.122. The fraction of sp³-hybridized carbons (Fsp3) is 0.111. The van der Waals surface area contributed by atoms with Gasteiger partial charge in [0.2, 0.25) is 5.91 Å². The van der Waals surface area contributed by atoms with Gasteiger partial charge in [-0.25, -0.2) is 0 Å². The zero-order valence-electron chi connectivity index (χ0n) is 12.8. The van der Waals surface area contributed by atoms with Crippen LogP contribution in [0.4, 0.5) is 0 Å². The third-order valence-electron chi connectivity index (χ3n) is 3.69. The molecular weight excluding hydrogens is 326 g/mol. The Bertz CT molecular complexity index is 889. The molecule has 0 spiro atoms. The quantitative estimate of drug-likeness (QED) is 0.716. The van der Waals surface area contributed by atoms with Gasteiger partial charge in [-0.3, -0.25) is 20.4 Å². The zero-order valence-corrected chi connectivity index (χ0v) is 13.6. The monoisotopic (exact) mass is 341 g/mol. The highest BCUT2D eigenvalue weighted by atomic mass is 35.5. The van der Waals surface area contributed by atoms with Crippen LogP contribution >= 0.6 is 11.6 Å². The first-order valence-corrected chi connectivity index (χ1v) is 7.90. The van der Waals surface area contributed by atoms with Gasteiger partial charge >= 0.3 is 0 Å². The first-order chi connectivity index (χ1) is 11.6. The second kappa shape index (κ2) is 7.19. The van der Waals surface area contributed by atoms with Crippen LogP contribution in [0.15, 0.2) is 60.8 Å². The van der Waals surface area contributed by atoms with Crippen LogP contribution in [0.5, 0.6) is 0 Å². The molecule has 1 heterocycles. The first-order valence-electron chi connectivity index (χ1n) is 7.53. The van der Waals surface area contributed by atoms with Crippen LogP contribution in [0.1, 0.15) is 16.8 Å². The SMILES string of the molecule is O=C(CCn1ccc2ccccc21)NNC(=O)c1ccccc1Cl. The van der Waals surface area contributed by atoms with Crippen molar-refractivity contribution in [1.29, 1.82) is 0 Å². The van der Waals surface area contributed by atoms with E-state index in [-0.39, 0.29) is 12.3 Å². The van der Waals surface area contributed by atoms with Gasteiger partial charge in [0.1, 0.15) is 0 Å². The van der Waals surface area contributed by atoms with E-state index in [1.54, 1.807) is 24.3 Å². The molecule has 0 aliphatic rings. The van der Waals surface area contributed by atoms with E-state index in [1.807, 2.05) is 41.1 Å². The Morgan fingerprint density at radius 1 is 0.958 bits per heavy atom. The van der Waals surface area contributed by atoms with E-state index in [9.17, 15) is 9.59 Å². The molecule has 0 saturated heterocycles. The number of hydrazine groups is 1. The molecule has 2 N–H and O–H groups in total. The topological polar surface area (TPSA) is 63.1 Å². The number of carbonyl (C=O) groups is 2. The van der Waals surface area contributed by atoms with Gasteiger partial charge in [-0.2, -0.15) is 0 Å². The number of aromatic nitrogens is 1. The zero-order chi connectivity index (χ0) is 16.9. The molecule has 122 valence electrons.